The van der Waals surface area contributed by atoms with Crippen molar-refractivity contribution in [3.8, 4) is 33.3 Å². The van der Waals surface area contributed by atoms with Crippen molar-refractivity contribution in [1.82, 2.24) is 24.9 Å². The van der Waals surface area contributed by atoms with Crippen molar-refractivity contribution < 1.29 is 18.3 Å². The molecule has 0 unspecified atom stereocenters. The average molecular weight is 487 g/mol. The Kier molecular flexibility index (Phi) is 5.82. The van der Waals surface area contributed by atoms with Crippen molar-refractivity contribution >= 4 is 22.1 Å². The molecule has 0 saturated carbocycles. The first-order valence-corrected chi connectivity index (χ1v) is 11.6. The van der Waals surface area contributed by atoms with Crippen LogP contribution in [0.2, 0.25) is 0 Å². The van der Waals surface area contributed by atoms with Crippen LogP contribution >= 0.6 is 11.3 Å². The monoisotopic (exact) mass is 486 g/mol. The summed E-state index contributed by atoms with van der Waals surface area (Å²) < 4.78 is 41.6. The van der Waals surface area contributed by atoms with Gasteiger partial charge in [0.15, 0.2) is 11.5 Å². The molecule has 1 aliphatic rings. The Balaban J connectivity index is 1.55. The van der Waals surface area contributed by atoms with Crippen LogP contribution in [-0.2, 0) is 5.92 Å². The van der Waals surface area contributed by atoms with E-state index in [1.165, 1.54) is 17.4 Å². The van der Waals surface area contributed by atoms with E-state index >= 15 is 0 Å². The highest BCUT2D eigenvalue weighted by Gasteiger charge is 2.32. The Morgan fingerprint density at radius 1 is 1.00 bits per heavy atom. The number of piperazine rings is 1. The number of rotatable bonds is 6. The Bertz CT molecular complexity index is 1330. The number of alkyl halides is 2. The average Bonchev–Trinajstić information content (AvgIpc) is 3.44. The van der Waals surface area contributed by atoms with Gasteiger partial charge in [-0.2, -0.15) is 5.10 Å². The van der Waals surface area contributed by atoms with E-state index in [2.05, 4.69) is 15.3 Å². The van der Waals surface area contributed by atoms with Gasteiger partial charge < -0.3 is 19.7 Å². The summed E-state index contributed by atoms with van der Waals surface area (Å²) in [6.45, 7) is 3.64. The van der Waals surface area contributed by atoms with E-state index in [0.29, 0.717) is 46.6 Å². The van der Waals surface area contributed by atoms with Gasteiger partial charge in [0, 0.05) is 50.4 Å². The molecule has 4 aromatic rings. The molecule has 1 N–H and O–H groups in total. The normalized spacial score (nSPS) is 14.6. The molecule has 11 heteroatoms. The van der Waals surface area contributed by atoms with Crippen molar-refractivity contribution in [3.05, 3.63) is 42.2 Å². The number of halogens is 2. The third kappa shape index (κ3) is 4.05. The molecule has 1 aromatic carbocycles. The molecule has 0 amide bonds. The van der Waals surface area contributed by atoms with Gasteiger partial charge in [-0.15, -0.1) is 0 Å². The number of imidazole rings is 1. The minimum atomic E-state index is -3.04. The molecule has 8 nitrogen and oxygen atoms in total. The van der Waals surface area contributed by atoms with Crippen LogP contribution < -0.4 is 19.7 Å². The van der Waals surface area contributed by atoms with Gasteiger partial charge in [0.25, 0.3) is 5.92 Å². The van der Waals surface area contributed by atoms with Gasteiger partial charge in [-0.05, 0) is 24.3 Å². The summed E-state index contributed by atoms with van der Waals surface area (Å²) >= 11 is 1.39. The Labute approximate surface area is 199 Å². The lowest BCUT2D eigenvalue weighted by molar-refractivity contribution is 0.0176. The number of hydrogen-bond acceptors (Lipinski definition) is 8. The molecule has 0 aliphatic carbocycles. The summed E-state index contributed by atoms with van der Waals surface area (Å²) in [6, 6.07) is 7.05. The van der Waals surface area contributed by atoms with Crippen LogP contribution in [0.4, 0.5) is 14.6 Å². The molecule has 0 spiro atoms. The summed E-state index contributed by atoms with van der Waals surface area (Å²) in [7, 11) is 3.16. The Morgan fingerprint density at radius 3 is 2.47 bits per heavy atom. The third-order valence-corrected chi connectivity index (χ3v) is 6.74. The van der Waals surface area contributed by atoms with Crippen LogP contribution in [0.1, 0.15) is 12.5 Å². The highest BCUT2D eigenvalue weighted by atomic mass is 32.1. The van der Waals surface area contributed by atoms with Crippen molar-refractivity contribution in [3.63, 3.8) is 0 Å². The van der Waals surface area contributed by atoms with Crippen molar-refractivity contribution in [1.29, 1.82) is 0 Å². The molecule has 0 atom stereocenters. The smallest absolute Gasteiger partial charge is 0.274 e. The number of pyridine rings is 1. The number of benzene rings is 1. The van der Waals surface area contributed by atoms with Gasteiger partial charge in [-0.1, -0.05) is 11.3 Å². The van der Waals surface area contributed by atoms with Gasteiger partial charge in [-0.3, -0.25) is 0 Å². The van der Waals surface area contributed by atoms with Crippen LogP contribution in [0.3, 0.4) is 0 Å². The maximum atomic E-state index is 14.6. The van der Waals surface area contributed by atoms with E-state index in [1.807, 2.05) is 23.1 Å². The fourth-order valence-electron chi connectivity index (χ4n) is 4.02. The van der Waals surface area contributed by atoms with E-state index in [0.717, 1.165) is 30.6 Å². The quantitative estimate of drug-likeness (QED) is 0.441. The number of fused-ring (bicyclic) bond motifs is 1. The van der Waals surface area contributed by atoms with Crippen LogP contribution in [0.5, 0.6) is 11.5 Å². The third-order valence-electron chi connectivity index (χ3n) is 5.77. The fourth-order valence-corrected chi connectivity index (χ4v) is 4.90. The minimum Gasteiger partial charge on any atom is -0.493 e. The molecule has 1 saturated heterocycles. The number of nitrogens with one attached hydrogen (secondary N) is 1. The molecule has 178 valence electrons. The Hall–Kier alpha value is -3.31. The largest absolute Gasteiger partial charge is 0.493 e. The lowest BCUT2D eigenvalue weighted by Gasteiger charge is -2.31. The van der Waals surface area contributed by atoms with Gasteiger partial charge in [0.1, 0.15) is 10.8 Å². The number of ether oxygens (including phenoxy) is 2. The number of methoxy groups -OCH3 is 2. The van der Waals surface area contributed by atoms with Crippen LogP contribution in [0, 0.1) is 0 Å². The first-order chi connectivity index (χ1) is 16.4. The van der Waals surface area contributed by atoms with Crippen LogP contribution in [0.25, 0.3) is 26.8 Å². The molecular weight excluding hydrogens is 462 g/mol. The van der Waals surface area contributed by atoms with Crippen LogP contribution in [-0.4, -0.2) is 60.0 Å². The maximum Gasteiger partial charge on any atom is 0.274 e. The highest BCUT2D eigenvalue weighted by molar-refractivity contribution is 7.19. The first kappa shape index (κ1) is 22.5. The topological polar surface area (TPSA) is 76.8 Å². The molecular formula is C23H24F2N6O2S. The van der Waals surface area contributed by atoms with E-state index in [1.54, 1.807) is 31.1 Å². The van der Waals surface area contributed by atoms with Crippen molar-refractivity contribution in [2.24, 2.45) is 0 Å². The summed E-state index contributed by atoms with van der Waals surface area (Å²) in [5.41, 5.74) is 1.87. The molecule has 34 heavy (non-hydrogen) atoms. The van der Waals surface area contributed by atoms with Gasteiger partial charge in [-0.25, -0.2) is 23.3 Å². The molecule has 0 bridgehead atoms. The van der Waals surface area contributed by atoms with Gasteiger partial charge in [0.05, 0.1) is 31.7 Å². The molecule has 1 aliphatic heterocycles. The van der Waals surface area contributed by atoms with Crippen LogP contribution in [0.15, 0.2) is 36.7 Å². The fraction of sp³-hybridized carbons (Fsp3) is 0.348. The predicted molar refractivity (Wildman–Crippen MR) is 127 cm³/mol. The second kappa shape index (κ2) is 8.80. The molecule has 0 radical (unpaired) electrons. The summed E-state index contributed by atoms with van der Waals surface area (Å²) in [5.74, 6) is -1.50. The second-order valence-corrected chi connectivity index (χ2v) is 8.99. The standard InChI is InChI=1S/C23H24F2N6O2S/c1-23(24,25)16-10-15(12-27-20(16)30-8-6-26-7-9-30)17-13-28-22-31(17)29-21(34-22)14-4-5-18(32-2)19(11-14)33-3/h4-5,10-13,26H,6-9H2,1-3H3. The lowest BCUT2D eigenvalue weighted by atomic mass is 10.1. The zero-order chi connectivity index (χ0) is 23.9. The summed E-state index contributed by atoms with van der Waals surface area (Å²) in [5, 5.41) is 8.65. The van der Waals surface area contributed by atoms with Gasteiger partial charge >= 0.3 is 0 Å². The van der Waals surface area contributed by atoms with E-state index in [4.69, 9.17) is 14.6 Å². The predicted octanol–water partition coefficient (Wildman–Crippen LogP) is 4.06. The number of anilines is 1. The van der Waals surface area contributed by atoms with E-state index < -0.39 is 5.92 Å². The maximum absolute atomic E-state index is 14.6. The summed E-state index contributed by atoms with van der Waals surface area (Å²) in [4.78, 5) is 11.5. The van der Waals surface area contributed by atoms with E-state index in [9.17, 15) is 8.78 Å². The molecule has 5 rings (SSSR count). The Morgan fingerprint density at radius 2 is 1.76 bits per heavy atom. The van der Waals surface area contributed by atoms with Gasteiger partial charge in [0.2, 0.25) is 4.96 Å². The first-order valence-electron chi connectivity index (χ1n) is 10.8. The molecule has 1 fully saturated rings. The lowest BCUT2D eigenvalue weighted by Crippen LogP contribution is -2.44. The number of aromatic nitrogens is 4. The SMILES string of the molecule is COc1ccc(-c2nn3c(-c4cnc(N5CCNCC5)c(C(C)(F)F)c4)cnc3s2)cc1OC. The number of hydrogen-bond donors (Lipinski definition) is 1. The highest BCUT2D eigenvalue weighted by Crippen LogP contribution is 2.38. The summed E-state index contributed by atoms with van der Waals surface area (Å²) in [6.07, 6.45) is 3.25. The molecule has 4 heterocycles. The minimum absolute atomic E-state index is 0.0998. The van der Waals surface area contributed by atoms with Crippen molar-refractivity contribution in [2.45, 2.75) is 12.8 Å². The zero-order valence-electron chi connectivity index (χ0n) is 19.0. The molecule has 3 aromatic heterocycles. The zero-order valence-corrected chi connectivity index (χ0v) is 19.8. The van der Waals surface area contributed by atoms with E-state index in [-0.39, 0.29) is 5.56 Å². The number of nitrogens with zero attached hydrogens (tertiary/aromatic N) is 5. The second-order valence-electron chi connectivity index (χ2n) is 8.04. The van der Waals surface area contributed by atoms with Crippen molar-refractivity contribution in [2.75, 3.05) is 45.3 Å².